The maximum atomic E-state index is 13.5. The van der Waals surface area contributed by atoms with E-state index in [0.717, 1.165) is 19.3 Å². The molecule has 1 atom stereocenters. The summed E-state index contributed by atoms with van der Waals surface area (Å²) in [4.78, 5) is 33.1. The van der Waals surface area contributed by atoms with Crippen LogP contribution in [-0.2, 0) is 6.54 Å². The molecule has 1 amide bonds. The molecule has 0 fully saturated rings. The highest BCUT2D eigenvalue weighted by molar-refractivity contribution is 6.36. The molecule has 0 N–H and O–H groups in total. The fourth-order valence-electron chi connectivity index (χ4n) is 3.77. The Morgan fingerprint density at radius 2 is 1.87 bits per heavy atom. The van der Waals surface area contributed by atoms with Gasteiger partial charge in [-0.1, -0.05) is 55.1 Å². The molecule has 1 unspecified atom stereocenters. The topological polar surface area (TPSA) is 55.2 Å². The first-order chi connectivity index (χ1) is 14.9. The van der Waals surface area contributed by atoms with E-state index in [9.17, 15) is 9.59 Å². The van der Waals surface area contributed by atoms with Crippen LogP contribution in [-0.4, -0.2) is 26.9 Å². The largest absolute Gasteiger partial charge is 0.329 e. The van der Waals surface area contributed by atoms with Crippen molar-refractivity contribution in [1.29, 1.82) is 0 Å². The highest BCUT2D eigenvalue weighted by Gasteiger charge is 2.27. The van der Waals surface area contributed by atoms with E-state index in [4.69, 9.17) is 28.2 Å². The number of hydrogen-bond acceptors (Lipinski definition) is 3. The Morgan fingerprint density at radius 1 is 1.13 bits per heavy atom. The Balaban J connectivity index is 2.09. The zero-order chi connectivity index (χ0) is 22.5. The number of aromatic nitrogens is 2. The maximum absolute atomic E-state index is 13.5. The van der Waals surface area contributed by atoms with Crippen LogP contribution in [0, 0.1) is 0 Å². The summed E-state index contributed by atoms with van der Waals surface area (Å²) in [6.07, 6.45) is 2.88. The second-order valence-electron chi connectivity index (χ2n) is 7.54. The molecule has 0 spiro atoms. The SMILES string of the molecule is CCCCCN(C(=O)c1ccc(Cl)cc1Cl)C(C)c1nc2ccccc2c(=O)n1CC. The predicted octanol–water partition coefficient (Wildman–Crippen LogP) is 6.12. The molecule has 0 saturated carbocycles. The van der Waals surface area contributed by atoms with Gasteiger partial charge in [0.05, 0.1) is 27.5 Å². The van der Waals surface area contributed by atoms with E-state index >= 15 is 0 Å². The molecule has 1 aromatic heterocycles. The van der Waals surface area contributed by atoms with E-state index in [1.807, 2.05) is 32.0 Å². The molecule has 2 aromatic carbocycles. The van der Waals surface area contributed by atoms with Crippen molar-refractivity contribution in [2.45, 2.75) is 52.6 Å². The van der Waals surface area contributed by atoms with Gasteiger partial charge in [0, 0.05) is 18.1 Å². The van der Waals surface area contributed by atoms with Crippen molar-refractivity contribution in [3.05, 3.63) is 74.3 Å². The average Bonchev–Trinajstić information content (AvgIpc) is 2.76. The van der Waals surface area contributed by atoms with Crippen LogP contribution in [0.15, 0.2) is 47.3 Å². The molecule has 0 aliphatic heterocycles. The molecule has 164 valence electrons. The lowest BCUT2D eigenvalue weighted by Gasteiger charge is -2.31. The Hall–Kier alpha value is -2.37. The summed E-state index contributed by atoms with van der Waals surface area (Å²) in [5.41, 5.74) is 0.922. The number of amides is 1. The van der Waals surface area contributed by atoms with Crippen LogP contribution in [0.5, 0.6) is 0 Å². The van der Waals surface area contributed by atoms with Crippen LogP contribution < -0.4 is 5.56 Å². The van der Waals surface area contributed by atoms with E-state index in [-0.39, 0.29) is 11.5 Å². The van der Waals surface area contributed by atoms with E-state index in [1.165, 1.54) is 0 Å². The molecule has 0 saturated heterocycles. The quantitative estimate of drug-likeness (QED) is 0.381. The minimum Gasteiger partial charge on any atom is -0.329 e. The zero-order valence-electron chi connectivity index (χ0n) is 18.1. The Morgan fingerprint density at radius 3 is 2.55 bits per heavy atom. The summed E-state index contributed by atoms with van der Waals surface area (Å²) >= 11 is 12.4. The summed E-state index contributed by atoms with van der Waals surface area (Å²) in [6, 6.07) is 11.8. The third-order valence-electron chi connectivity index (χ3n) is 5.47. The van der Waals surface area contributed by atoms with Gasteiger partial charge in [0.15, 0.2) is 0 Å². The van der Waals surface area contributed by atoms with Crippen LogP contribution in [0.25, 0.3) is 10.9 Å². The van der Waals surface area contributed by atoms with Crippen molar-refractivity contribution in [2.24, 2.45) is 0 Å². The highest BCUT2D eigenvalue weighted by atomic mass is 35.5. The molecule has 7 heteroatoms. The monoisotopic (exact) mass is 459 g/mol. The number of rotatable bonds is 8. The van der Waals surface area contributed by atoms with Gasteiger partial charge in [-0.2, -0.15) is 0 Å². The van der Waals surface area contributed by atoms with E-state index < -0.39 is 6.04 Å². The fraction of sp³-hybridized carbons (Fsp3) is 0.375. The minimum atomic E-state index is -0.409. The van der Waals surface area contributed by atoms with Crippen LogP contribution in [0.2, 0.25) is 10.0 Å². The fourth-order valence-corrected chi connectivity index (χ4v) is 4.26. The predicted molar refractivity (Wildman–Crippen MR) is 127 cm³/mol. The van der Waals surface area contributed by atoms with Crippen LogP contribution in [0.4, 0.5) is 0 Å². The first kappa shape index (κ1) is 23.3. The summed E-state index contributed by atoms with van der Waals surface area (Å²) in [5.74, 6) is 0.372. The number of nitrogens with zero attached hydrogens (tertiary/aromatic N) is 3. The van der Waals surface area contributed by atoms with Gasteiger partial charge >= 0.3 is 0 Å². The lowest BCUT2D eigenvalue weighted by molar-refractivity contribution is 0.0675. The maximum Gasteiger partial charge on any atom is 0.261 e. The van der Waals surface area contributed by atoms with Gasteiger partial charge in [0.2, 0.25) is 0 Å². The standard InChI is InChI=1S/C24H27Cl2N3O2/c1-4-6-9-14-29(23(30)18-13-12-17(25)15-20(18)26)16(3)22-27-21-11-8-7-10-19(21)24(31)28(22)5-2/h7-8,10-13,15-16H,4-6,9,14H2,1-3H3. The molecular weight excluding hydrogens is 433 g/mol. The molecule has 0 aliphatic rings. The van der Waals surface area contributed by atoms with Gasteiger partial charge in [-0.15, -0.1) is 0 Å². The minimum absolute atomic E-state index is 0.0968. The van der Waals surface area contributed by atoms with Crippen LogP contribution in [0.1, 0.15) is 62.3 Å². The Kier molecular flexibility index (Phi) is 7.74. The first-order valence-electron chi connectivity index (χ1n) is 10.6. The van der Waals surface area contributed by atoms with E-state index in [1.54, 1.807) is 33.7 Å². The second-order valence-corrected chi connectivity index (χ2v) is 8.39. The average molecular weight is 460 g/mol. The van der Waals surface area contributed by atoms with E-state index in [0.29, 0.717) is 45.4 Å². The summed E-state index contributed by atoms with van der Waals surface area (Å²) < 4.78 is 1.65. The van der Waals surface area contributed by atoms with Gasteiger partial charge in [-0.3, -0.25) is 14.2 Å². The number of carbonyl (C=O) groups is 1. The number of para-hydroxylation sites is 1. The number of halogens is 2. The molecule has 5 nitrogen and oxygen atoms in total. The molecule has 0 bridgehead atoms. The normalized spacial score (nSPS) is 12.2. The van der Waals surface area contributed by atoms with Gasteiger partial charge in [0.25, 0.3) is 11.5 Å². The molecule has 31 heavy (non-hydrogen) atoms. The summed E-state index contributed by atoms with van der Waals surface area (Å²) in [5, 5.41) is 1.36. The second kappa shape index (κ2) is 10.3. The van der Waals surface area contributed by atoms with Crippen LogP contribution >= 0.6 is 23.2 Å². The highest BCUT2D eigenvalue weighted by Crippen LogP contribution is 2.27. The van der Waals surface area contributed by atoms with Crippen molar-refractivity contribution in [2.75, 3.05) is 6.54 Å². The van der Waals surface area contributed by atoms with Gasteiger partial charge in [0.1, 0.15) is 5.82 Å². The lowest BCUT2D eigenvalue weighted by Crippen LogP contribution is -2.38. The third-order valence-corrected chi connectivity index (χ3v) is 6.02. The summed E-state index contributed by atoms with van der Waals surface area (Å²) in [6.45, 7) is 6.95. The number of hydrogen-bond donors (Lipinski definition) is 0. The molecular formula is C24H27Cl2N3O2. The molecule has 1 heterocycles. The smallest absolute Gasteiger partial charge is 0.261 e. The van der Waals surface area contributed by atoms with Gasteiger partial charge in [-0.05, 0) is 50.6 Å². The first-order valence-corrected chi connectivity index (χ1v) is 11.4. The molecule has 0 radical (unpaired) electrons. The van der Waals surface area contributed by atoms with E-state index in [2.05, 4.69) is 6.92 Å². The van der Waals surface area contributed by atoms with Gasteiger partial charge < -0.3 is 4.90 Å². The molecule has 3 rings (SSSR count). The Labute approximate surface area is 192 Å². The van der Waals surface area contributed by atoms with Crippen molar-refractivity contribution < 1.29 is 4.79 Å². The Bertz CT molecular complexity index is 1140. The van der Waals surface area contributed by atoms with Crippen LogP contribution in [0.3, 0.4) is 0 Å². The number of fused-ring (bicyclic) bond motifs is 1. The van der Waals surface area contributed by atoms with Gasteiger partial charge in [-0.25, -0.2) is 4.98 Å². The number of unbranched alkanes of at least 4 members (excludes halogenated alkanes) is 2. The molecule has 3 aromatic rings. The number of carbonyl (C=O) groups excluding carboxylic acids is 1. The van der Waals surface area contributed by atoms with Crippen molar-refractivity contribution >= 4 is 40.0 Å². The molecule has 0 aliphatic carbocycles. The van der Waals surface area contributed by atoms with Crippen molar-refractivity contribution in [3.63, 3.8) is 0 Å². The lowest BCUT2D eigenvalue weighted by atomic mass is 10.1. The zero-order valence-corrected chi connectivity index (χ0v) is 19.6. The summed E-state index contributed by atoms with van der Waals surface area (Å²) in [7, 11) is 0. The third kappa shape index (κ3) is 4.94. The van der Waals surface area contributed by atoms with Crippen molar-refractivity contribution in [1.82, 2.24) is 14.5 Å². The van der Waals surface area contributed by atoms with Crippen molar-refractivity contribution in [3.8, 4) is 0 Å². The number of benzene rings is 2.